The summed E-state index contributed by atoms with van der Waals surface area (Å²) in [6, 6.07) is 5.92. The third kappa shape index (κ3) is 3.50. The minimum absolute atomic E-state index is 0.324. The Balaban J connectivity index is 3.26. The SMILES string of the molecule is CCN(c1cccc(Cl)c1/C=C/C(=O)O)C(C)C. The Kier molecular flexibility index (Phi) is 5.23. The molecule has 0 spiro atoms. The van der Waals surface area contributed by atoms with Gasteiger partial charge in [-0.05, 0) is 39.0 Å². The van der Waals surface area contributed by atoms with Gasteiger partial charge < -0.3 is 10.0 Å². The predicted octanol–water partition coefficient (Wildman–Crippen LogP) is 3.67. The second-order valence-electron chi connectivity index (χ2n) is 4.22. The summed E-state index contributed by atoms with van der Waals surface area (Å²) in [5.41, 5.74) is 1.70. The molecule has 0 saturated heterocycles. The molecule has 4 heteroatoms. The molecule has 0 aliphatic heterocycles. The van der Waals surface area contributed by atoms with Gasteiger partial charge >= 0.3 is 5.97 Å². The number of rotatable bonds is 5. The van der Waals surface area contributed by atoms with Crippen LogP contribution in [-0.2, 0) is 4.79 Å². The van der Waals surface area contributed by atoms with Crippen molar-refractivity contribution in [2.75, 3.05) is 11.4 Å². The van der Waals surface area contributed by atoms with Gasteiger partial charge in [0.1, 0.15) is 0 Å². The van der Waals surface area contributed by atoms with Crippen molar-refractivity contribution < 1.29 is 9.90 Å². The molecule has 3 nitrogen and oxygen atoms in total. The van der Waals surface area contributed by atoms with E-state index in [0.717, 1.165) is 23.9 Å². The maximum atomic E-state index is 10.6. The largest absolute Gasteiger partial charge is 0.478 e. The monoisotopic (exact) mass is 267 g/mol. The molecule has 0 atom stereocenters. The average Bonchev–Trinajstić information content (AvgIpc) is 2.28. The van der Waals surface area contributed by atoms with Crippen LogP contribution >= 0.6 is 11.6 Å². The molecule has 0 fully saturated rings. The highest BCUT2D eigenvalue weighted by Gasteiger charge is 2.13. The van der Waals surface area contributed by atoms with Crippen molar-refractivity contribution in [3.8, 4) is 0 Å². The number of benzene rings is 1. The number of aliphatic carboxylic acids is 1. The Morgan fingerprint density at radius 2 is 2.17 bits per heavy atom. The summed E-state index contributed by atoms with van der Waals surface area (Å²) in [5, 5.41) is 9.28. The Morgan fingerprint density at radius 3 is 2.67 bits per heavy atom. The maximum absolute atomic E-state index is 10.6. The van der Waals surface area contributed by atoms with Gasteiger partial charge in [-0.2, -0.15) is 0 Å². The molecule has 1 N–H and O–H groups in total. The first-order valence-corrected chi connectivity index (χ1v) is 6.31. The number of nitrogens with zero attached hydrogens (tertiary/aromatic N) is 1. The predicted molar refractivity (Wildman–Crippen MR) is 76.3 cm³/mol. The van der Waals surface area contributed by atoms with Crippen molar-refractivity contribution in [1.29, 1.82) is 0 Å². The van der Waals surface area contributed by atoms with Crippen LogP contribution in [0.25, 0.3) is 6.08 Å². The molecule has 1 rings (SSSR count). The molecule has 0 unspecified atom stereocenters. The van der Waals surface area contributed by atoms with Gasteiger partial charge in [0.15, 0.2) is 0 Å². The van der Waals surface area contributed by atoms with Gasteiger partial charge in [0.05, 0.1) is 0 Å². The highest BCUT2D eigenvalue weighted by molar-refractivity contribution is 6.32. The molecular formula is C14H18ClNO2. The van der Waals surface area contributed by atoms with Gasteiger partial charge in [0.25, 0.3) is 0 Å². The van der Waals surface area contributed by atoms with Crippen molar-refractivity contribution in [3.63, 3.8) is 0 Å². The second-order valence-corrected chi connectivity index (χ2v) is 4.63. The number of anilines is 1. The van der Waals surface area contributed by atoms with Gasteiger partial charge in [-0.3, -0.25) is 0 Å². The molecular weight excluding hydrogens is 250 g/mol. The lowest BCUT2D eigenvalue weighted by Crippen LogP contribution is -2.30. The highest BCUT2D eigenvalue weighted by atomic mass is 35.5. The minimum atomic E-state index is -0.978. The molecule has 0 aliphatic rings. The number of carboxylic acid groups (broad SMARTS) is 1. The molecule has 0 aromatic heterocycles. The lowest BCUT2D eigenvalue weighted by molar-refractivity contribution is -0.131. The Hall–Kier alpha value is -1.48. The van der Waals surface area contributed by atoms with E-state index in [1.165, 1.54) is 0 Å². The molecule has 0 amide bonds. The van der Waals surface area contributed by atoms with Crippen LogP contribution in [0.3, 0.4) is 0 Å². The van der Waals surface area contributed by atoms with E-state index in [9.17, 15) is 4.79 Å². The van der Waals surface area contributed by atoms with Gasteiger partial charge in [-0.25, -0.2) is 4.79 Å². The number of hydrogen-bond donors (Lipinski definition) is 1. The van der Waals surface area contributed by atoms with Crippen LogP contribution in [0.15, 0.2) is 24.3 Å². The molecule has 0 saturated carbocycles. The summed E-state index contributed by atoms with van der Waals surface area (Å²) >= 11 is 6.15. The first-order valence-electron chi connectivity index (χ1n) is 5.93. The smallest absolute Gasteiger partial charge is 0.328 e. The van der Waals surface area contributed by atoms with Crippen LogP contribution in [0.2, 0.25) is 5.02 Å². The Morgan fingerprint density at radius 1 is 1.50 bits per heavy atom. The Bertz CT molecular complexity index is 455. The van der Waals surface area contributed by atoms with E-state index in [-0.39, 0.29) is 0 Å². The normalized spacial score (nSPS) is 11.2. The first kappa shape index (κ1) is 14.6. The average molecular weight is 268 g/mol. The van der Waals surface area contributed by atoms with Crippen molar-refractivity contribution in [3.05, 3.63) is 34.9 Å². The molecule has 0 radical (unpaired) electrons. The van der Waals surface area contributed by atoms with E-state index in [2.05, 4.69) is 25.7 Å². The van der Waals surface area contributed by atoms with E-state index in [4.69, 9.17) is 16.7 Å². The van der Waals surface area contributed by atoms with Crippen LogP contribution in [0.4, 0.5) is 5.69 Å². The van der Waals surface area contributed by atoms with Gasteiger partial charge in [0, 0.05) is 34.9 Å². The van der Waals surface area contributed by atoms with Crippen LogP contribution in [0.1, 0.15) is 26.3 Å². The van der Waals surface area contributed by atoms with E-state index in [1.807, 2.05) is 12.1 Å². The standard InChI is InChI=1S/C14H18ClNO2/c1-4-16(10(2)3)13-7-5-6-12(15)11(13)8-9-14(17)18/h5-10H,4H2,1-3H3,(H,17,18)/b9-8+. The fourth-order valence-corrected chi connectivity index (χ4v) is 2.14. The third-order valence-corrected chi connectivity index (χ3v) is 3.03. The molecule has 1 aromatic carbocycles. The summed E-state index contributed by atoms with van der Waals surface area (Å²) < 4.78 is 0. The minimum Gasteiger partial charge on any atom is -0.478 e. The summed E-state index contributed by atoms with van der Waals surface area (Å²) in [5.74, 6) is -0.978. The fraction of sp³-hybridized carbons (Fsp3) is 0.357. The van der Waals surface area contributed by atoms with Crippen molar-refractivity contribution in [1.82, 2.24) is 0 Å². The zero-order valence-electron chi connectivity index (χ0n) is 10.9. The van der Waals surface area contributed by atoms with E-state index < -0.39 is 5.97 Å². The van der Waals surface area contributed by atoms with Crippen LogP contribution < -0.4 is 4.90 Å². The van der Waals surface area contributed by atoms with Crippen molar-refractivity contribution >= 4 is 29.3 Å². The summed E-state index contributed by atoms with van der Waals surface area (Å²) in [6.07, 6.45) is 2.66. The third-order valence-electron chi connectivity index (χ3n) is 2.70. The van der Waals surface area contributed by atoms with E-state index >= 15 is 0 Å². The first-order chi connectivity index (χ1) is 8.47. The molecule has 98 valence electrons. The lowest BCUT2D eigenvalue weighted by Gasteiger charge is -2.29. The van der Waals surface area contributed by atoms with Gasteiger partial charge in [-0.1, -0.05) is 17.7 Å². The fourth-order valence-electron chi connectivity index (χ4n) is 1.91. The van der Waals surface area contributed by atoms with E-state index in [0.29, 0.717) is 11.1 Å². The van der Waals surface area contributed by atoms with Crippen LogP contribution in [0, 0.1) is 0 Å². The highest BCUT2D eigenvalue weighted by Crippen LogP contribution is 2.30. The zero-order chi connectivity index (χ0) is 13.7. The molecule has 18 heavy (non-hydrogen) atoms. The summed E-state index contributed by atoms with van der Waals surface area (Å²) in [6.45, 7) is 7.09. The maximum Gasteiger partial charge on any atom is 0.328 e. The van der Waals surface area contributed by atoms with E-state index in [1.54, 1.807) is 12.1 Å². The Labute approximate surface area is 113 Å². The van der Waals surface area contributed by atoms with Crippen molar-refractivity contribution in [2.45, 2.75) is 26.8 Å². The van der Waals surface area contributed by atoms with Gasteiger partial charge in [-0.15, -0.1) is 0 Å². The van der Waals surface area contributed by atoms with Crippen LogP contribution in [0.5, 0.6) is 0 Å². The molecule has 0 aliphatic carbocycles. The van der Waals surface area contributed by atoms with Crippen molar-refractivity contribution in [2.24, 2.45) is 0 Å². The molecule has 0 bridgehead atoms. The zero-order valence-corrected chi connectivity index (χ0v) is 11.6. The topological polar surface area (TPSA) is 40.5 Å². The number of halogens is 1. The van der Waals surface area contributed by atoms with Crippen LogP contribution in [-0.4, -0.2) is 23.7 Å². The quantitative estimate of drug-likeness (QED) is 0.828. The summed E-state index contributed by atoms with van der Waals surface area (Å²) in [7, 11) is 0. The second kappa shape index (κ2) is 6.45. The lowest BCUT2D eigenvalue weighted by atomic mass is 10.1. The summed E-state index contributed by atoms with van der Waals surface area (Å²) in [4.78, 5) is 12.8. The molecule has 1 aromatic rings. The molecule has 0 heterocycles. The number of carbonyl (C=O) groups is 1. The van der Waals surface area contributed by atoms with Gasteiger partial charge in [0.2, 0.25) is 0 Å². The number of hydrogen-bond acceptors (Lipinski definition) is 2. The number of carboxylic acids is 1.